The maximum absolute atomic E-state index is 13.7. The lowest BCUT2D eigenvalue weighted by atomic mass is 9.95. The number of aromatic nitrogens is 1. The van der Waals surface area contributed by atoms with Crippen molar-refractivity contribution in [3.8, 4) is 5.75 Å². The highest BCUT2D eigenvalue weighted by Crippen LogP contribution is 2.30. The number of aryl methyl sites for hydroxylation is 1. The van der Waals surface area contributed by atoms with Crippen LogP contribution in [0.5, 0.6) is 5.75 Å². The number of carbonyl (C=O) groups excluding carboxylic acids is 2. The van der Waals surface area contributed by atoms with Gasteiger partial charge in [0, 0.05) is 0 Å². The van der Waals surface area contributed by atoms with Crippen molar-refractivity contribution in [3.05, 3.63) is 96.2 Å². The fourth-order valence-electron chi connectivity index (χ4n) is 4.05. The molecule has 9 heteroatoms. The fraction of sp³-hybridized carbons (Fsp3) is 0.286. The molecular weight excluding hydrogens is 492 g/mol. The van der Waals surface area contributed by atoms with E-state index in [1.807, 2.05) is 37.3 Å². The summed E-state index contributed by atoms with van der Waals surface area (Å²) < 4.78 is 17.8. The zero-order chi connectivity index (χ0) is 26.5. The van der Waals surface area contributed by atoms with Gasteiger partial charge in [0.15, 0.2) is 11.4 Å². The Bertz CT molecular complexity index is 1530. The largest absolute Gasteiger partial charge is 0.482 e. The van der Waals surface area contributed by atoms with E-state index in [1.165, 1.54) is 11.3 Å². The Kier molecular flexibility index (Phi) is 8.03. The average molecular weight is 521 g/mol. The van der Waals surface area contributed by atoms with Crippen LogP contribution in [0.15, 0.2) is 69.6 Å². The van der Waals surface area contributed by atoms with Gasteiger partial charge in [0.1, 0.15) is 5.75 Å². The Labute approximate surface area is 218 Å². The van der Waals surface area contributed by atoms with Gasteiger partial charge in [-0.05, 0) is 57.0 Å². The van der Waals surface area contributed by atoms with E-state index in [-0.39, 0.29) is 25.4 Å². The van der Waals surface area contributed by atoms with Gasteiger partial charge in [0.2, 0.25) is 0 Å². The summed E-state index contributed by atoms with van der Waals surface area (Å²) in [6, 6.07) is 14.2. The number of ether oxygens (including phenoxy) is 3. The number of hydrogen-bond acceptors (Lipinski definition) is 8. The maximum Gasteiger partial charge on any atom is 0.344 e. The minimum absolute atomic E-state index is 0.202. The van der Waals surface area contributed by atoms with Gasteiger partial charge in [-0.1, -0.05) is 53.3 Å². The number of nitrogens with zero attached hydrogens (tertiary/aromatic N) is 2. The highest BCUT2D eigenvalue weighted by Gasteiger charge is 2.33. The summed E-state index contributed by atoms with van der Waals surface area (Å²) in [6.07, 6.45) is 1.75. The molecule has 2 heterocycles. The molecule has 1 aliphatic rings. The van der Waals surface area contributed by atoms with Crippen molar-refractivity contribution >= 4 is 29.4 Å². The van der Waals surface area contributed by atoms with Gasteiger partial charge < -0.3 is 14.2 Å². The van der Waals surface area contributed by atoms with Gasteiger partial charge in [0.25, 0.3) is 5.56 Å². The molecule has 0 unspecified atom stereocenters. The van der Waals surface area contributed by atoms with Gasteiger partial charge in [-0.2, -0.15) is 0 Å². The van der Waals surface area contributed by atoms with Crippen LogP contribution in [-0.2, 0) is 19.1 Å². The van der Waals surface area contributed by atoms with Crippen molar-refractivity contribution < 1.29 is 23.8 Å². The molecular formula is C28H28N2O6S. The van der Waals surface area contributed by atoms with E-state index in [1.54, 1.807) is 49.6 Å². The van der Waals surface area contributed by atoms with Crippen LogP contribution in [0.25, 0.3) is 6.08 Å². The number of fused-ring (bicyclic) bond motifs is 1. The molecule has 4 rings (SSSR count). The van der Waals surface area contributed by atoms with Crippen LogP contribution in [0.2, 0.25) is 0 Å². The average Bonchev–Trinajstić information content (AvgIpc) is 3.17. The molecule has 1 aliphatic heterocycles. The Hall–Kier alpha value is -3.98. The maximum atomic E-state index is 13.7. The first kappa shape index (κ1) is 26.1. The highest BCUT2D eigenvalue weighted by molar-refractivity contribution is 7.07. The quantitative estimate of drug-likeness (QED) is 0.424. The lowest BCUT2D eigenvalue weighted by molar-refractivity contribution is -0.145. The predicted molar refractivity (Wildman–Crippen MR) is 140 cm³/mol. The topological polar surface area (TPSA) is 96.2 Å². The van der Waals surface area contributed by atoms with Crippen LogP contribution >= 0.6 is 11.3 Å². The Morgan fingerprint density at radius 3 is 2.49 bits per heavy atom. The summed E-state index contributed by atoms with van der Waals surface area (Å²) in [5, 5.41) is 0. The first-order valence-corrected chi connectivity index (χ1v) is 12.8. The van der Waals surface area contributed by atoms with Crippen molar-refractivity contribution in [3.63, 3.8) is 0 Å². The molecule has 0 aliphatic carbocycles. The summed E-state index contributed by atoms with van der Waals surface area (Å²) >= 11 is 1.25. The van der Waals surface area contributed by atoms with E-state index < -0.39 is 18.0 Å². The van der Waals surface area contributed by atoms with Gasteiger partial charge in [0.05, 0.1) is 35.1 Å². The van der Waals surface area contributed by atoms with E-state index in [0.717, 1.165) is 16.7 Å². The van der Waals surface area contributed by atoms with Crippen LogP contribution in [0.4, 0.5) is 0 Å². The molecule has 0 fully saturated rings. The molecule has 0 saturated carbocycles. The molecule has 1 aromatic heterocycles. The molecule has 0 amide bonds. The first-order valence-electron chi connectivity index (χ1n) is 12.0. The molecule has 2 aromatic carbocycles. The molecule has 0 spiro atoms. The normalized spacial score (nSPS) is 15.1. The Balaban J connectivity index is 1.78. The second-order valence-corrected chi connectivity index (χ2v) is 9.39. The van der Waals surface area contributed by atoms with Crippen molar-refractivity contribution in [2.45, 2.75) is 33.7 Å². The lowest BCUT2D eigenvalue weighted by Gasteiger charge is -2.24. The molecule has 192 valence electrons. The number of esters is 2. The molecule has 1 atom stereocenters. The standard InChI is InChI=1S/C28H28N2O6S/c1-5-34-23(31)16-36-21-9-7-8-19(14-21)15-22-26(32)30-25(20-12-10-17(3)11-13-20)24(27(33)35-6-2)18(4)29-28(30)37-22/h7-15,25H,5-6,16H2,1-4H3/b22-15-/t25-/m0/s1. The third-order valence-corrected chi connectivity index (χ3v) is 6.71. The van der Waals surface area contributed by atoms with E-state index in [2.05, 4.69) is 4.99 Å². The van der Waals surface area contributed by atoms with Gasteiger partial charge in [-0.3, -0.25) is 9.36 Å². The van der Waals surface area contributed by atoms with Gasteiger partial charge in [-0.25, -0.2) is 14.6 Å². The Morgan fingerprint density at radius 1 is 1.05 bits per heavy atom. The van der Waals surface area contributed by atoms with Crippen LogP contribution in [0.1, 0.15) is 43.5 Å². The summed E-state index contributed by atoms with van der Waals surface area (Å²) in [7, 11) is 0. The van der Waals surface area contributed by atoms with Crippen LogP contribution in [-0.4, -0.2) is 36.3 Å². The summed E-state index contributed by atoms with van der Waals surface area (Å²) in [6.45, 7) is 7.51. The third-order valence-electron chi connectivity index (χ3n) is 5.73. The number of hydrogen-bond donors (Lipinski definition) is 0. The number of allylic oxidation sites excluding steroid dienone is 1. The van der Waals surface area contributed by atoms with Crippen LogP contribution < -0.4 is 19.6 Å². The van der Waals surface area contributed by atoms with Crippen molar-refractivity contribution in [1.82, 2.24) is 4.57 Å². The van der Waals surface area contributed by atoms with Crippen LogP contribution in [0, 0.1) is 6.92 Å². The van der Waals surface area contributed by atoms with Crippen LogP contribution in [0.3, 0.4) is 0 Å². The summed E-state index contributed by atoms with van der Waals surface area (Å²) in [4.78, 5) is 43.4. The van der Waals surface area contributed by atoms with E-state index in [4.69, 9.17) is 14.2 Å². The lowest BCUT2D eigenvalue weighted by Crippen LogP contribution is -2.39. The zero-order valence-electron chi connectivity index (χ0n) is 21.1. The predicted octanol–water partition coefficient (Wildman–Crippen LogP) is 3.05. The second-order valence-electron chi connectivity index (χ2n) is 8.38. The molecule has 0 bridgehead atoms. The highest BCUT2D eigenvalue weighted by atomic mass is 32.1. The van der Waals surface area contributed by atoms with Gasteiger partial charge >= 0.3 is 11.9 Å². The van der Waals surface area contributed by atoms with E-state index in [0.29, 0.717) is 26.4 Å². The Morgan fingerprint density at radius 2 is 1.78 bits per heavy atom. The molecule has 3 aromatic rings. The third kappa shape index (κ3) is 5.72. The van der Waals surface area contributed by atoms with E-state index >= 15 is 0 Å². The number of carbonyl (C=O) groups is 2. The smallest absolute Gasteiger partial charge is 0.344 e. The fourth-order valence-corrected chi connectivity index (χ4v) is 5.09. The monoisotopic (exact) mass is 520 g/mol. The van der Waals surface area contributed by atoms with E-state index in [9.17, 15) is 14.4 Å². The molecule has 0 radical (unpaired) electrons. The zero-order valence-corrected chi connectivity index (χ0v) is 22.0. The van der Waals surface area contributed by atoms with Gasteiger partial charge in [-0.15, -0.1) is 0 Å². The summed E-state index contributed by atoms with van der Waals surface area (Å²) in [5.41, 5.74) is 3.19. The number of rotatable bonds is 8. The minimum atomic E-state index is -0.655. The molecule has 8 nitrogen and oxygen atoms in total. The van der Waals surface area contributed by atoms with Crippen molar-refractivity contribution in [2.24, 2.45) is 4.99 Å². The SMILES string of the molecule is CCOC(=O)COc1cccc(/C=c2\sc3n(c2=O)[C@@H](c2ccc(C)cc2)C(C(=O)OCC)=C(C)N=3)c1. The van der Waals surface area contributed by atoms with Crippen molar-refractivity contribution in [1.29, 1.82) is 0 Å². The van der Waals surface area contributed by atoms with Crippen molar-refractivity contribution in [2.75, 3.05) is 19.8 Å². The second kappa shape index (κ2) is 11.4. The minimum Gasteiger partial charge on any atom is -0.482 e. The molecule has 0 saturated heterocycles. The number of benzene rings is 2. The number of thiazole rings is 1. The molecule has 37 heavy (non-hydrogen) atoms. The molecule has 0 N–H and O–H groups in total. The summed E-state index contributed by atoms with van der Waals surface area (Å²) in [5.74, 6) is -0.465. The first-order chi connectivity index (χ1) is 17.8.